The van der Waals surface area contributed by atoms with Gasteiger partial charge in [-0.05, 0) is 38.5 Å². The predicted octanol–water partition coefficient (Wildman–Crippen LogP) is 3.05. The van der Waals surface area contributed by atoms with Gasteiger partial charge in [-0.3, -0.25) is 0 Å². The molecule has 0 aromatic rings. The molecule has 1 saturated carbocycles. The van der Waals surface area contributed by atoms with Crippen molar-refractivity contribution in [1.82, 2.24) is 5.32 Å². The van der Waals surface area contributed by atoms with Crippen LogP contribution < -0.4 is 5.32 Å². The van der Waals surface area contributed by atoms with Gasteiger partial charge in [0, 0.05) is 12.3 Å². The van der Waals surface area contributed by atoms with Gasteiger partial charge in [0.25, 0.3) is 0 Å². The average Bonchev–Trinajstić information content (AvgIpc) is 2.20. The molecule has 1 atom stereocenters. The first-order valence-corrected chi connectivity index (χ1v) is 8.45. The van der Waals surface area contributed by atoms with Crippen LogP contribution in [0.25, 0.3) is 0 Å². The second kappa shape index (κ2) is 8.39. The standard InChI is InChI=1S/C14H29NOS/c1-14(16,12-17-2)11-15-10-13-8-6-4-3-5-7-9-13/h13,15-16H,3-12H2,1-2H3. The van der Waals surface area contributed by atoms with E-state index in [1.807, 2.05) is 13.2 Å². The van der Waals surface area contributed by atoms with E-state index in [0.717, 1.165) is 24.8 Å². The van der Waals surface area contributed by atoms with E-state index in [1.165, 1.54) is 44.9 Å². The van der Waals surface area contributed by atoms with Crippen molar-refractivity contribution in [2.24, 2.45) is 5.92 Å². The molecule has 0 bridgehead atoms. The summed E-state index contributed by atoms with van der Waals surface area (Å²) in [4.78, 5) is 0. The Balaban J connectivity index is 2.15. The van der Waals surface area contributed by atoms with Gasteiger partial charge in [0.05, 0.1) is 5.60 Å². The van der Waals surface area contributed by atoms with Crippen molar-refractivity contribution in [2.45, 2.75) is 57.5 Å². The molecule has 1 unspecified atom stereocenters. The number of hydrogen-bond donors (Lipinski definition) is 2. The highest BCUT2D eigenvalue weighted by Gasteiger charge is 2.19. The molecular formula is C14H29NOS. The van der Waals surface area contributed by atoms with Crippen molar-refractivity contribution >= 4 is 11.8 Å². The number of hydrogen-bond acceptors (Lipinski definition) is 3. The summed E-state index contributed by atoms with van der Waals surface area (Å²) in [5, 5.41) is 13.5. The van der Waals surface area contributed by atoms with Crippen LogP contribution in [0.3, 0.4) is 0 Å². The first kappa shape index (κ1) is 15.3. The zero-order valence-corrected chi connectivity index (χ0v) is 12.3. The molecule has 0 aromatic heterocycles. The van der Waals surface area contributed by atoms with Gasteiger partial charge in [-0.2, -0.15) is 11.8 Å². The Morgan fingerprint density at radius 3 is 2.35 bits per heavy atom. The normalized spacial score (nSPS) is 22.8. The maximum Gasteiger partial charge on any atom is 0.0833 e. The highest BCUT2D eigenvalue weighted by atomic mass is 32.2. The quantitative estimate of drug-likeness (QED) is 0.769. The van der Waals surface area contributed by atoms with Crippen LogP contribution in [0.15, 0.2) is 0 Å². The smallest absolute Gasteiger partial charge is 0.0833 e. The topological polar surface area (TPSA) is 32.3 Å². The molecule has 1 fully saturated rings. The highest BCUT2D eigenvalue weighted by molar-refractivity contribution is 7.98. The Hall–Kier alpha value is 0.270. The lowest BCUT2D eigenvalue weighted by Gasteiger charge is -2.25. The van der Waals surface area contributed by atoms with E-state index >= 15 is 0 Å². The lowest BCUT2D eigenvalue weighted by atomic mass is 9.91. The summed E-state index contributed by atoms with van der Waals surface area (Å²) >= 11 is 1.71. The van der Waals surface area contributed by atoms with Crippen LogP contribution >= 0.6 is 11.8 Å². The SMILES string of the molecule is CSCC(C)(O)CNCC1CCCCCCC1. The van der Waals surface area contributed by atoms with Crippen LogP contribution in [0.4, 0.5) is 0 Å². The van der Waals surface area contributed by atoms with Crippen molar-refractivity contribution in [3.05, 3.63) is 0 Å². The molecule has 0 aromatic carbocycles. The summed E-state index contributed by atoms with van der Waals surface area (Å²) < 4.78 is 0. The van der Waals surface area contributed by atoms with E-state index in [1.54, 1.807) is 11.8 Å². The zero-order valence-electron chi connectivity index (χ0n) is 11.5. The van der Waals surface area contributed by atoms with Gasteiger partial charge < -0.3 is 10.4 Å². The second-order valence-electron chi connectivity index (χ2n) is 5.77. The van der Waals surface area contributed by atoms with E-state index in [4.69, 9.17) is 0 Å². The summed E-state index contributed by atoms with van der Waals surface area (Å²) in [7, 11) is 0. The van der Waals surface area contributed by atoms with Crippen LogP contribution in [0, 0.1) is 5.92 Å². The number of rotatable bonds is 6. The minimum atomic E-state index is -0.555. The molecule has 2 N–H and O–H groups in total. The molecule has 17 heavy (non-hydrogen) atoms. The fourth-order valence-electron chi connectivity index (χ4n) is 2.65. The van der Waals surface area contributed by atoms with Gasteiger partial charge in [0.1, 0.15) is 0 Å². The molecule has 1 rings (SSSR count). The molecule has 0 spiro atoms. The number of nitrogens with one attached hydrogen (secondary N) is 1. The van der Waals surface area contributed by atoms with Crippen LogP contribution in [-0.2, 0) is 0 Å². The summed E-state index contributed by atoms with van der Waals surface area (Å²) in [6.07, 6.45) is 11.9. The fraction of sp³-hybridized carbons (Fsp3) is 1.00. The van der Waals surface area contributed by atoms with Crippen LogP contribution in [0.1, 0.15) is 51.9 Å². The largest absolute Gasteiger partial charge is 0.388 e. The molecule has 102 valence electrons. The van der Waals surface area contributed by atoms with Crippen LogP contribution in [0.2, 0.25) is 0 Å². The van der Waals surface area contributed by atoms with E-state index in [-0.39, 0.29) is 0 Å². The van der Waals surface area contributed by atoms with E-state index in [2.05, 4.69) is 5.32 Å². The van der Waals surface area contributed by atoms with Gasteiger partial charge >= 0.3 is 0 Å². The summed E-state index contributed by atoms with van der Waals surface area (Å²) in [5.41, 5.74) is -0.555. The van der Waals surface area contributed by atoms with Crippen molar-refractivity contribution in [1.29, 1.82) is 0 Å². The second-order valence-corrected chi connectivity index (χ2v) is 6.64. The van der Waals surface area contributed by atoms with Crippen LogP contribution in [0.5, 0.6) is 0 Å². The Bertz CT molecular complexity index is 189. The van der Waals surface area contributed by atoms with E-state index in [9.17, 15) is 5.11 Å². The molecule has 1 aliphatic rings. The predicted molar refractivity (Wildman–Crippen MR) is 77.7 cm³/mol. The average molecular weight is 259 g/mol. The molecule has 0 aliphatic heterocycles. The molecular weight excluding hydrogens is 230 g/mol. The minimum absolute atomic E-state index is 0.555. The molecule has 1 aliphatic carbocycles. The third kappa shape index (κ3) is 7.32. The summed E-state index contributed by atoms with van der Waals surface area (Å²) in [6, 6.07) is 0. The lowest BCUT2D eigenvalue weighted by Crippen LogP contribution is -2.41. The van der Waals surface area contributed by atoms with Gasteiger partial charge in [0.15, 0.2) is 0 Å². The van der Waals surface area contributed by atoms with Crippen LogP contribution in [-0.4, -0.2) is 35.8 Å². The molecule has 0 amide bonds. The van der Waals surface area contributed by atoms with Crippen molar-refractivity contribution in [2.75, 3.05) is 25.1 Å². The van der Waals surface area contributed by atoms with Gasteiger partial charge in [-0.1, -0.05) is 32.1 Å². The van der Waals surface area contributed by atoms with Crippen molar-refractivity contribution in [3.8, 4) is 0 Å². The van der Waals surface area contributed by atoms with Crippen molar-refractivity contribution < 1.29 is 5.11 Å². The molecule has 0 heterocycles. The maximum absolute atomic E-state index is 10.1. The maximum atomic E-state index is 10.1. The summed E-state index contributed by atoms with van der Waals surface area (Å²) in [5.74, 6) is 1.64. The Kier molecular flexibility index (Phi) is 7.56. The van der Waals surface area contributed by atoms with E-state index in [0.29, 0.717) is 0 Å². The zero-order chi connectivity index (χ0) is 12.6. The molecule has 0 radical (unpaired) electrons. The number of aliphatic hydroxyl groups is 1. The fourth-order valence-corrected chi connectivity index (χ4v) is 3.38. The van der Waals surface area contributed by atoms with Gasteiger partial charge in [-0.25, -0.2) is 0 Å². The molecule has 2 nitrogen and oxygen atoms in total. The highest BCUT2D eigenvalue weighted by Crippen LogP contribution is 2.21. The third-order valence-corrected chi connectivity index (χ3v) is 4.53. The Morgan fingerprint density at radius 1 is 1.18 bits per heavy atom. The van der Waals surface area contributed by atoms with Crippen molar-refractivity contribution in [3.63, 3.8) is 0 Å². The Labute approximate surface area is 111 Å². The first-order chi connectivity index (χ1) is 8.14. The van der Waals surface area contributed by atoms with Gasteiger partial charge in [0.2, 0.25) is 0 Å². The third-order valence-electron chi connectivity index (χ3n) is 3.62. The summed E-state index contributed by atoms with van der Waals surface area (Å²) in [6.45, 7) is 3.74. The molecule has 0 saturated heterocycles. The van der Waals surface area contributed by atoms with E-state index < -0.39 is 5.60 Å². The monoisotopic (exact) mass is 259 g/mol. The minimum Gasteiger partial charge on any atom is -0.388 e. The molecule has 3 heteroatoms. The van der Waals surface area contributed by atoms with Gasteiger partial charge in [-0.15, -0.1) is 0 Å². The first-order valence-electron chi connectivity index (χ1n) is 7.06. The number of thioether (sulfide) groups is 1. The Morgan fingerprint density at radius 2 is 1.76 bits per heavy atom. The lowest BCUT2D eigenvalue weighted by molar-refractivity contribution is 0.0833.